The van der Waals surface area contributed by atoms with Gasteiger partial charge in [-0.1, -0.05) is 13.3 Å². The minimum atomic E-state index is -3.24. The molecule has 0 spiro atoms. The molecule has 0 aromatic heterocycles. The second-order valence-corrected chi connectivity index (χ2v) is 5.56. The van der Waals surface area contributed by atoms with E-state index in [4.69, 9.17) is 14.2 Å². The minimum Gasteiger partial charge on any atom is -0.481 e. The van der Waals surface area contributed by atoms with Gasteiger partial charge in [0.25, 0.3) is 0 Å². The van der Waals surface area contributed by atoms with Gasteiger partial charge in [-0.15, -0.1) is 0 Å². The summed E-state index contributed by atoms with van der Waals surface area (Å²) in [6.07, 6.45) is 1.17. The smallest absolute Gasteiger partial charge is 0.331 e. The van der Waals surface area contributed by atoms with E-state index in [1.165, 1.54) is 0 Å². The Morgan fingerprint density at radius 1 is 1.25 bits per heavy atom. The summed E-state index contributed by atoms with van der Waals surface area (Å²) in [7, 11) is -3.24. The van der Waals surface area contributed by atoms with Crippen molar-refractivity contribution in [3.05, 3.63) is 0 Å². The molecule has 1 atom stereocenters. The summed E-state index contributed by atoms with van der Waals surface area (Å²) in [6, 6.07) is 0. The van der Waals surface area contributed by atoms with Gasteiger partial charge in [0.1, 0.15) is 0 Å². The van der Waals surface area contributed by atoms with Crippen LogP contribution in [0.4, 0.5) is 0 Å². The predicted octanol–water partition coefficient (Wildman–Crippen LogP) is 2.75. The number of rotatable bonds is 9. The van der Waals surface area contributed by atoms with Crippen LogP contribution < -0.4 is 0 Å². The number of hydrogen-bond donors (Lipinski definition) is 1. The Morgan fingerprint density at radius 3 is 2.06 bits per heavy atom. The number of hydrogen-bond acceptors (Lipinski definition) is 4. The predicted molar refractivity (Wildman–Crippen MR) is 61.8 cm³/mol. The lowest BCUT2D eigenvalue weighted by molar-refractivity contribution is -0.141. The monoisotopic (exact) mass is 252 g/mol. The maximum atomic E-state index is 12.1. The fraction of sp³-hybridized carbons (Fsp3) is 0.900. The van der Waals surface area contributed by atoms with E-state index in [1.807, 2.05) is 6.92 Å². The Kier molecular flexibility index (Phi) is 7.64. The largest absolute Gasteiger partial charge is 0.481 e. The van der Waals surface area contributed by atoms with E-state index in [0.717, 1.165) is 6.42 Å². The summed E-state index contributed by atoms with van der Waals surface area (Å²) < 4.78 is 22.2. The van der Waals surface area contributed by atoms with Gasteiger partial charge in [0.05, 0.1) is 25.3 Å². The molecule has 16 heavy (non-hydrogen) atoms. The molecule has 0 amide bonds. The molecule has 6 heteroatoms. The molecule has 0 saturated heterocycles. The highest BCUT2D eigenvalue weighted by atomic mass is 31.2. The summed E-state index contributed by atoms with van der Waals surface area (Å²) in [5.74, 6) is -1.60. The second-order valence-electron chi connectivity index (χ2n) is 3.45. The van der Waals surface area contributed by atoms with E-state index < -0.39 is 19.5 Å². The van der Waals surface area contributed by atoms with Crippen molar-refractivity contribution in [2.45, 2.75) is 33.6 Å². The van der Waals surface area contributed by atoms with Gasteiger partial charge >= 0.3 is 13.6 Å². The van der Waals surface area contributed by atoms with Crippen LogP contribution in [0.5, 0.6) is 0 Å². The summed E-state index contributed by atoms with van der Waals surface area (Å²) in [5.41, 5.74) is 0. The Balaban J connectivity index is 4.56. The van der Waals surface area contributed by atoms with Gasteiger partial charge in [0.2, 0.25) is 0 Å². The van der Waals surface area contributed by atoms with Crippen LogP contribution in [0, 0.1) is 5.92 Å². The Hall–Kier alpha value is -0.380. The summed E-state index contributed by atoms with van der Waals surface area (Å²) in [6.45, 7) is 5.83. The Morgan fingerprint density at radius 2 is 1.75 bits per heavy atom. The van der Waals surface area contributed by atoms with Crippen molar-refractivity contribution in [1.82, 2.24) is 0 Å². The van der Waals surface area contributed by atoms with E-state index in [9.17, 15) is 9.36 Å². The highest BCUT2D eigenvalue weighted by molar-refractivity contribution is 7.53. The van der Waals surface area contributed by atoms with Gasteiger partial charge in [-0.05, 0) is 20.3 Å². The molecule has 0 aromatic rings. The van der Waals surface area contributed by atoms with Crippen molar-refractivity contribution in [3.8, 4) is 0 Å². The zero-order chi connectivity index (χ0) is 12.6. The fourth-order valence-electron chi connectivity index (χ4n) is 1.45. The van der Waals surface area contributed by atoms with E-state index >= 15 is 0 Å². The maximum Gasteiger partial charge on any atom is 0.331 e. The molecule has 0 aliphatic carbocycles. The molecule has 1 unspecified atom stereocenters. The lowest BCUT2D eigenvalue weighted by atomic mass is 10.1. The molecular formula is C10H21O5P. The molecule has 0 saturated carbocycles. The van der Waals surface area contributed by atoms with Crippen molar-refractivity contribution in [1.29, 1.82) is 0 Å². The Labute approximate surface area is 96.7 Å². The van der Waals surface area contributed by atoms with Gasteiger partial charge in [-0.25, -0.2) is 0 Å². The quantitative estimate of drug-likeness (QED) is 0.639. The van der Waals surface area contributed by atoms with Crippen molar-refractivity contribution in [2.24, 2.45) is 5.92 Å². The second kappa shape index (κ2) is 7.82. The highest BCUT2D eigenvalue weighted by Crippen LogP contribution is 2.50. The molecule has 0 aliphatic heterocycles. The number of carboxylic acid groups (broad SMARTS) is 1. The molecule has 0 aromatic carbocycles. The maximum absolute atomic E-state index is 12.1. The first-order valence-corrected chi connectivity index (χ1v) is 7.32. The molecule has 0 bridgehead atoms. The third-order valence-electron chi connectivity index (χ3n) is 2.08. The topological polar surface area (TPSA) is 72.8 Å². The normalized spacial score (nSPS) is 13.7. The van der Waals surface area contributed by atoms with Crippen LogP contribution in [0.2, 0.25) is 0 Å². The van der Waals surface area contributed by atoms with E-state index in [1.54, 1.807) is 13.8 Å². The molecule has 0 aliphatic rings. The molecule has 0 heterocycles. The Bertz CT molecular complexity index is 244. The lowest BCUT2D eigenvalue weighted by Crippen LogP contribution is -2.19. The van der Waals surface area contributed by atoms with Gasteiger partial charge in [-0.2, -0.15) is 0 Å². The standard InChI is InChI=1S/C10H21O5P/c1-4-7-9(10(11)12)8-16(13,14-5-2)15-6-3/h9H,4-8H2,1-3H3,(H,11,12). The number of carboxylic acids is 1. The van der Waals surface area contributed by atoms with Crippen LogP contribution in [0.25, 0.3) is 0 Å². The summed E-state index contributed by atoms with van der Waals surface area (Å²) in [4.78, 5) is 10.9. The van der Waals surface area contributed by atoms with Crippen LogP contribution in [-0.4, -0.2) is 30.5 Å². The van der Waals surface area contributed by atoms with Crippen molar-refractivity contribution < 1.29 is 23.5 Å². The van der Waals surface area contributed by atoms with Crippen LogP contribution in [-0.2, 0) is 18.4 Å². The van der Waals surface area contributed by atoms with Crippen LogP contribution in [0.15, 0.2) is 0 Å². The minimum absolute atomic E-state index is 0.0438. The zero-order valence-corrected chi connectivity index (χ0v) is 11.0. The molecule has 0 radical (unpaired) electrons. The lowest BCUT2D eigenvalue weighted by Gasteiger charge is -2.20. The average molecular weight is 252 g/mol. The highest BCUT2D eigenvalue weighted by Gasteiger charge is 2.31. The summed E-state index contributed by atoms with van der Waals surface area (Å²) >= 11 is 0. The molecule has 96 valence electrons. The van der Waals surface area contributed by atoms with Crippen molar-refractivity contribution in [3.63, 3.8) is 0 Å². The van der Waals surface area contributed by atoms with Gasteiger partial charge in [0, 0.05) is 0 Å². The van der Waals surface area contributed by atoms with Gasteiger partial charge in [0.15, 0.2) is 0 Å². The fourth-order valence-corrected chi connectivity index (χ4v) is 3.40. The van der Waals surface area contributed by atoms with Crippen LogP contribution in [0.1, 0.15) is 33.6 Å². The number of aliphatic carboxylic acids is 1. The summed E-state index contributed by atoms with van der Waals surface area (Å²) in [5, 5.41) is 8.97. The third-order valence-corrected chi connectivity index (χ3v) is 4.27. The van der Waals surface area contributed by atoms with Gasteiger partial charge < -0.3 is 14.2 Å². The molecular weight excluding hydrogens is 231 g/mol. The first-order chi connectivity index (χ1) is 7.49. The molecule has 0 rings (SSSR count). The first-order valence-electron chi connectivity index (χ1n) is 5.60. The first kappa shape index (κ1) is 15.6. The van der Waals surface area contributed by atoms with Crippen molar-refractivity contribution >= 4 is 13.6 Å². The van der Waals surface area contributed by atoms with E-state index in [0.29, 0.717) is 6.42 Å². The van der Waals surface area contributed by atoms with E-state index in [2.05, 4.69) is 0 Å². The van der Waals surface area contributed by atoms with Crippen LogP contribution >= 0.6 is 7.60 Å². The number of carbonyl (C=O) groups is 1. The zero-order valence-electron chi connectivity index (χ0n) is 10.1. The van der Waals surface area contributed by atoms with Crippen molar-refractivity contribution in [2.75, 3.05) is 19.4 Å². The SMILES string of the molecule is CCCC(CP(=O)(OCC)OCC)C(=O)O. The molecule has 1 N–H and O–H groups in total. The third kappa shape index (κ3) is 5.64. The van der Waals surface area contributed by atoms with E-state index in [-0.39, 0.29) is 19.4 Å². The average Bonchev–Trinajstić information content (AvgIpc) is 2.17. The van der Waals surface area contributed by atoms with Crippen LogP contribution in [0.3, 0.4) is 0 Å². The van der Waals surface area contributed by atoms with Gasteiger partial charge in [-0.3, -0.25) is 9.36 Å². The molecule has 0 fully saturated rings. The molecule has 5 nitrogen and oxygen atoms in total.